The van der Waals surface area contributed by atoms with Crippen LogP contribution in [-0.4, -0.2) is 25.4 Å². The van der Waals surface area contributed by atoms with Gasteiger partial charge in [0, 0.05) is 6.04 Å². The second-order valence-electron chi connectivity index (χ2n) is 5.79. The molecular formula is C16H33NO3. The highest BCUT2D eigenvalue weighted by atomic mass is 16.7. The Kier molecular flexibility index (Phi) is 12.7. The molecule has 0 spiro atoms. The highest BCUT2D eigenvalue weighted by molar-refractivity contribution is 5.59. The lowest BCUT2D eigenvalue weighted by Crippen LogP contribution is -2.32. The van der Waals surface area contributed by atoms with E-state index >= 15 is 0 Å². The number of rotatable bonds is 12. The Bertz CT molecular complexity index is 232. The van der Waals surface area contributed by atoms with Gasteiger partial charge in [-0.1, -0.05) is 65.7 Å². The number of hydrogen-bond donors (Lipinski definition) is 1. The first-order valence-electron chi connectivity index (χ1n) is 8.13. The highest BCUT2D eigenvalue weighted by Crippen LogP contribution is 2.08. The van der Waals surface area contributed by atoms with Crippen molar-refractivity contribution in [3.8, 4) is 0 Å². The minimum atomic E-state index is -0.593. The third kappa shape index (κ3) is 12.3. The molecule has 4 heteroatoms. The average molecular weight is 287 g/mol. The second kappa shape index (κ2) is 13.2. The molecule has 0 amide bonds. The summed E-state index contributed by atoms with van der Waals surface area (Å²) in [5.74, 6) is 0.301. The molecule has 2 N–H and O–H groups in total. The Morgan fingerprint density at radius 1 is 0.950 bits per heavy atom. The number of nitrogens with two attached hydrogens (primary N) is 1. The van der Waals surface area contributed by atoms with Crippen LogP contribution in [0.25, 0.3) is 0 Å². The molecule has 0 aliphatic heterocycles. The number of carbonyl (C=O) groups excluding carboxylic acids is 1. The average Bonchev–Trinajstić information content (AvgIpc) is 2.42. The van der Waals surface area contributed by atoms with Crippen LogP contribution in [0.3, 0.4) is 0 Å². The lowest BCUT2D eigenvalue weighted by Gasteiger charge is -2.15. The molecule has 0 aromatic heterocycles. The van der Waals surface area contributed by atoms with Crippen LogP contribution in [0.4, 0.5) is 4.79 Å². The van der Waals surface area contributed by atoms with Crippen molar-refractivity contribution in [2.75, 3.05) is 13.2 Å². The largest absolute Gasteiger partial charge is 0.508 e. The van der Waals surface area contributed by atoms with Crippen LogP contribution in [0.5, 0.6) is 0 Å². The van der Waals surface area contributed by atoms with E-state index in [2.05, 4.69) is 6.92 Å². The lowest BCUT2D eigenvalue weighted by atomic mass is 10.1. The van der Waals surface area contributed by atoms with Crippen molar-refractivity contribution in [3.05, 3.63) is 0 Å². The molecule has 20 heavy (non-hydrogen) atoms. The fraction of sp³-hybridized carbons (Fsp3) is 0.938. The summed E-state index contributed by atoms with van der Waals surface area (Å²) < 4.78 is 9.95. The van der Waals surface area contributed by atoms with Gasteiger partial charge in [-0.25, -0.2) is 4.79 Å². The molecule has 120 valence electrons. The van der Waals surface area contributed by atoms with Gasteiger partial charge in [0.05, 0.1) is 6.61 Å². The van der Waals surface area contributed by atoms with Crippen LogP contribution in [0.15, 0.2) is 0 Å². The zero-order chi connectivity index (χ0) is 15.2. The fourth-order valence-corrected chi connectivity index (χ4v) is 1.79. The summed E-state index contributed by atoms with van der Waals surface area (Å²) in [6.07, 6.45) is 9.24. The van der Waals surface area contributed by atoms with E-state index in [4.69, 9.17) is 15.2 Å². The van der Waals surface area contributed by atoms with Crippen LogP contribution in [0.1, 0.15) is 72.1 Å². The Morgan fingerprint density at radius 3 is 2.05 bits per heavy atom. The van der Waals surface area contributed by atoms with E-state index in [1.165, 1.54) is 38.5 Å². The summed E-state index contributed by atoms with van der Waals surface area (Å²) in [5, 5.41) is 0. The summed E-state index contributed by atoms with van der Waals surface area (Å²) in [6, 6.07) is -0.120. The minimum Gasteiger partial charge on any atom is -0.434 e. The van der Waals surface area contributed by atoms with Gasteiger partial charge in [-0.3, -0.25) is 0 Å². The third-order valence-corrected chi connectivity index (χ3v) is 3.47. The van der Waals surface area contributed by atoms with E-state index in [1.807, 2.05) is 13.8 Å². The van der Waals surface area contributed by atoms with E-state index in [1.54, 1.807) is 0 Å². The van der Waals surface area contributed by atoms with Gasteiger partial charge >= 0.3 is 6.16 Å². The lowest BCUT2D eigenvalue weighted by molar-refractivity contribution is 0.0471. The zero-order valence-corrected chi connectivity index (χ0v) is 13.5. The van der Waals surface area contributed by atoms with Crippen molar-refractivity contribution in [2.24, 2.45) is 11.7 Å². The first kappa shape index (κ1) is 19.2. The van der Waals surface area contributed by atoms with Crippen molar-refractivity contribution in [2.45, 2.75) is 78.2 Å². The summed E-state index contributed by atoms with van der Waals surface area (Å²) in [6.45, 7) is 6.91. The molecule has 0 unspecified atom stereocenters. The number of hydrogen-bond acceptors (Lipinski definition) is 4. The molecule has 0 rings (SSSR count). The molecule has 0 radical (unpaired) electrons. The van der Waals surface area contributed by atoms with Gasteiger partial charge in [-0.05, 0) is 12.3 Å². The zero-order valence-electron chi connectivity index (χ0n) is 13.5. The molecule has 0 heterocycles. The molecule has 0 saturated heterocycles. The van der Waals surface area contributed by atoms with Crippen LogP contribution in [0.2, 0.25) is 0 Å². The van der Waals surface area contributed by atoms with Gasteiger partial charge in [-0.15, -0.1) is 0 Å². The Morgan fingerprint density at radius 2 is 1.50 bits per heavy atom. The summed E-state index contributed by atoms with van der Waals surface area (Å²) >= 11 is 0. The molecule has 4 nitrogen and oxygen atoms in total. The van der Waals surface area contributed by atoms with E-state index in [0.717, 1.165) is 12.8 Å². The molecule has 0 fully saturated rings. The second-order valence-corrected chi connectivity index (χ2v) is 5.79. The van der Waals surface area contributed by atoms with Crippen molar-refractivity contribution >= 4 is 6.16 Å². The highest BCUT2D eigenvalue weighted by Gasteiger charge is 2.11. The van der Waals surface area contributed by atoms with E-state index in [-0.39, 0.29) is 12.6 Å². The number of ether oxygens (including phenoxy) is 2. The van der Waals surface area contributed by atoms with Crippen LogP contribution in [0, 0.1) is 5.92 Å². The Labute approximate surface area is 124 Å². The SMILES string of the molecule is CCCCCCCCCCOC(=O)OC[C@H](N)C(C)C. The first-order chi connectivity index (χ1) is 9.57. The van der Waals surface area contributed by atoms with Crippen molar-refractivity contribution in [3.63, 3.8) is 0 Å². The number of unbranched alkanes of at least 4 members (excludes halogenated alkanes) is 7. The monoisotopic (exact) mass is 287 g/mol. The van der Waals surface area contributed by atoms with Gasteiger partial charge in [0.25, 0.3) is 0 Å². The Balaban J connectivity index is 3.27. The van der Waals surface area contributed by atoms with Gasteiger partial charge in [0.1, 0.15) is 6.61 Å². The predicted molar refractivity (Wildman–Crippen MR) is 82.7 cm³/mol. The smallest absolute Gasteiger partial charge is 0.434 e. The van der Waals surface area contributed by atoms with Crippen molar-refractivity contribution < 1.29 is 14.3 Å². The van der Waals surface area contributed by atoms with E-state index in [0.29, 0.717) is 12.5 Å². The van der Waals surface area contributed by atoms with Gasteiger partial charge in [0.2, 0.25) is 0 Å². The summed E-state index contributed by atoms with van der Waals surface area (Å²) in [7, 11) is 0. The van der Waals surface area contributed by atoms with Gasteiger partial charge in [-0.2, -0.15) is 0 Å². The molecule has 0 aliphatic rings. The molecule has 0 bridgehead atoms. The normalized spacial score (nSPS) is 12.4. The maximum Gasteiger partial charge on any atom is 0.508 e. The van der Waals surface area contributed by atoms with Crippen LogP contribution >= 0.6 is 0 Å². The summed E-state index contributed by atoms with van der Waals surface area (Å²) in [4.78, 5) is 11.3. The minimum absolute atomic E-state index is 0.120. The fourth-order valence-electron chi connectivity index (χ4n) is 1.79. The standard InChI is InChI=1S/C16H33NO3/c1-4-5-6-7-8-9-10-11-12-19-16(18)20-13-15(17)14(2)3/h14-15H,4-13,17H2,1-3H3/t15-/m0/s1. The van der Waals surface area contributed by atoms with Gasteiger partial charge < -0.3 is 15.2 Å². The molecule has 0 aromatic carbocycles. The quantitative estimate of drug-likeness (QED) is 0.430. The van der Waals surface area contributed by atoms with E-state index < -0.39 is 6.16 Å². The van der Waals surface area contributed by atoms with Crippen LogP contribution < -0.4 is 5.73 Å². The maximum atomic E-state index is 11.3. The van der Waals surface area contributed by atoms with Crippen molar-refractivity contribution in [1.82, 2.24) is 0 Å². The molecule has 0 aromatic rings. The summed E-state index contributed by atoms with van der Waals surface area (Å²) in [5.41, 5.74) is 5.78. The predicted octanol–water partition coefficient (Wildman–Crippen LogP) is 4.26. The van der Waals surface area contributed by atoms with E-state index in [9.17, 15) is 4.79 Å². The number of carbonyl (C=O) groups is 1. The third-order valence-electron chi connectivity index (χ3n) is 3.47. The molecular weight excluding hydrogens is 254 g/mol. The van der Waals surface area contributed by atoms with Crippen molar-refractivity contribution in [1.29, 1.82) is 0 Å². The molecule has 0 saturated carbocycles. The molecule has 0 aliphatic carbocycles. The Hall–Kier alpha value is -0.770. The first-order valence-corrected chi connectivity index (χ1v) is 8.13. The maximum absolute atomic E-state index is 11.3. The topological polar surface area (TPSA) is 61.5 Å². The van der Waals surface area contributed by atoms with Crippen LogP contribution in [-0.2, 0) is 9.47 Å². The van der Waals surface area contributed by atoms with Gasteiger partial charge in [0.15, 0.2) is 0 Å². The molecule has 1 atom stereocenters.